The third kappa shape index (κ3) is 3.71. The molecule has 4 nitrogen and oxygen atoms in total. The highest BCUT2D eigenvalue weighted by Crippen LogP contribution is 2.33. The average molecular weight is 328 g/mol. The monoisotopic (exact) mass is 327 g/mol. The van der Waals surface area contributed by atoms with E-state index in [1.165, 1.54) is 11.8 Å². The molecule has 0 saturated heterocycles. The molecule has 0 aromatic heterocycles. The maximum absolute atomic E-state index is 12.3. The van der Waals surface area contributed by atoms with Gasteiger partial charge in [0, 0.05) is 4.90 Å². The van der Waals surface area contributed by atoms with Crippen LogP contribution in [0.1, 0.15) is 32.6 Å². The van der Waals surface area contributed by atoms with E-state index in [0.29, 0.717) is 17.9 Å². The first-order chi connectivity index (χ1) is 9.94. The van der Waals surface area contributed by atoms with E-state index in [0.717, 1.165) is 17.7 Å². The number of hydrogen-bond acceptors (Lipinski definition) is 3. The number of nitrogens with one attached hydrogen (secondary N) is 1. The largest absolute Gasteiger partial charge is 0.480 e. The first-order valence-corrected chi connectivity index (χ1v) is 8.17. The highest BCUT2D eigenvalue weighted by Gasteiger charge is 2.43. The van der Waals surface area contributed by atoms with Crippen LogP contribution in [0.4, 0.5) is 0 Å². The van der Waals surface area contributed by atoms with Crippen molar-refractivity contribution in [3.8, 4) is 0 Å². The van der Waals surface area contributed by atoms with Crippen LogP contribution in [-0.4, -0.2) is 27.8 Å². The predicted molar refractivity (Wildman–Crippen MR) is 83.7 cm³/mol. The molecule has 1 aromatic carbocycles. The van der Waals surface area contributed by atoms with Crippen molar-refractivity contribution >= 4 is 35.2 Å². The van der Waals surface area contributed by atoms with Gasteiger partial charge in [0.2, 0.25) is 5.91 Å². The van der Waals surface area contributed by atoms with Crippen molar-refractivity contribution in [2.75, 3.05) is 0 Å². The molecule has 1 unspecified atom stereocenters. The molecule has 1 fully saturated rings. The second kappa shape index (κ2) is 6.71. The Morgan fingerprint density at radius 3 is 2.52 bits per heavy atom. The van der Waals surface area contributed by atoms with E-state index >= 15 is 0 Å². The zero-order valence-electron chi connectivity index (χ0n) is 11.8. The molecule has 1 saturated carbocycles. The molecule has 114 valence electrons. The minimum Gasteiger partial charge on any atom is -0.480 e. The van der Waals surface area contributed by atoms with Gasteiger partial charge >= 0.3 is 5.97 Å². The number of amides is 1. The van der Waals surface area contributed by atoms with Gasteiger partial charge in [-0.1, -0.05) is 36.6 Å². The van der Waals surface area contributed by atoms with Gasteiger partial charge in [-0.15, -0.1) is 11.8 Å². The molecule has 0 spiro atoms. The number of hydrogen-bond donors (Lipinski definition) is 2. The van der Waals surface area contributed by atoms with Gasteiger partial charge in [-0.2, -0.15) is 0 Å². The molecule has 1 aliphatic carbocycles. The summed E-state index contributed by atoms with van der Waals surface area (Å²) in [5.74, 6) is -1.20. The highest BCUT2D eigenvalue weighted by atomic mass is 35.5. The molecule has 1 atom stereocenters. The quantitative estimate of drug-likeness (QED) is 0.814. The number of benzene rings is 1. The van der Waals surface area contributed by atoms with E-state index in [2.05, 4.69) is 5.32 Å². The van der Waals surface area contributed by atoms with E-state index in [1.54, 1.807) is 13.0 Å². The number of halogens is 1. The molecule has 1 aliphatic rings. The summed E-state index contributed by atoms with van der Waals surface area (Å²) in [6.07, 6.45) is 2.66. The molecule has 0 radical (unpaired) electrons. The molecule has 0 heterocycles. The molecular weight excluding hydrogens is 310 g/mol. The van der Waals surface area contributed by atoms with Crippen LogP contribution in [-0.2, 0) is 9.59 Å². The average Bonchev–Trinajstić information content (AvgIpc) is 2.91. The lowest BCUT2D eigenvalue weighted by Gasteiger charge is -2.27. The lowest BCUT2D eigenvalue weighted by molar-refractivity contribution is -0.147. The summed E-state index contributed by atoms with van der Waals surface area (Å²) < 4.78 is 0. The van der Waals surface area contributed by atoms with Gasteiger partial charge in [0.25, 0.3) is 0 Å². The number of thioether (sulfide) groups is 1. The van der Waals surface area contributed by atoms with E-state index in [4.69, 9.17) is 11.6 Å². The van der Waals surface area contributed by atoms with Crippen LogP contribution in [0.2, 0.25) is 5.02 Å². The fourth-order valence-corrected chi connectivity index (χ4v) is 3.65. The third-order valence-electron chi connectivity index (χ3n) is 3.74. The van der Waals surface area contributed by atoms with Crippen LogP contribution in [0.3, 0.4) is 0 Å². The highest BCUT2D eigenvalue weighted by molar-refractivity contribution is 8.00. The van der Waals surface area contributed by atoms with Gasteiger partial charge in [-0.05, 0) is 31.9 Å². The minimum atomic E-state index is -1.09. The van der Waals surface area contributed by atoms with Crippen molar-refractivity contribution in [1.82, 2.24) is 5.32 Å². The zero-order valence-corrected chi connectivity index (χ0v) is 13.3. The molecule has 6 heteroatoms. The summed E-state index contributed by atoms with van der Waals surface area (Å²) >= 11 is 7.41. The van der Waals surface area contributed by atoms with E-state index in [-0.39, 0.29) is 5.91 Å². The smallest absolute Gasteiger partial charge is 0.329 e. The van der Waals surface area contributed by atoms with Crippen LogP contribution >= 0.6 is 23.4 Å². The molecule has 0 aliphatic heterocycles. The Labute approximate surface area is 133 Å². The maximum atomic E-state index is 12.3. The topological polar surface area (TPSA) is 66.4 Å². The molecular formula is C15H18ClNO3S. The van der Waals surface area contributed by atoms with Crippen molar-refractivity contribution in [2.45, 2.75) is 48.3 Å². The maximum Gasteiger partial charge on any atom is 0.329 e. The Hall–Kier alpha value is -1.20. The standard InChI is InChI=1S/C15H18ClNO3S/c1-10(21-12-7-3-2-6-11(12)16)13(18)17-15(14(19)20)8-4-5-9-15/h2-3,6-7,10H,4-5,8-9H2,1H3,(H,17,18)(H,19,20). The first kappa shape index (κ1) is 16.2. The number of carboxylic acids is 1. The second-order valence-electron chi connectivity index (χ2n) is 5.27. The molecule has 1 aromatic rings. The van der Waals surface area contributed by atoms with Gasteiger partial charge in [-0.3, -0.25) is 4.79 Å². The molecule has 2 N–H and O–H groups in total. The minimum absolute atomic E-state index is 0.260. The van der Waals surface area contributed by atoms with Gasteiger partial charge < -0.3 is 10.4 Å². The van der Waals surface area contributed by atoms with Gasteiger partial charge in [0.1, 0.15) is 5.54 Å². The molecule has 0 bridgehead atoms. The summed E-state index contributed by atoms with van der Waals surface area (Å²) in [5.41, 5.74) is -1.09. The molecule has 1 amide bonds. The molecule has 2 rings (SSSR count). The molecule has 21 heavy (non-hydrogen) atoms. The predicted octanol–water partition coefficient (Wildman–Crippen LogP) is 3.33. The zero-order chi connectivity index (χ0) is 15.5. The Morgan fingerprint density at radius 2 is 1.95 bits per heavy atom. The summed E-state index contributed by atoms with van der Waals surface area (Å²) in [4.78, 5) is 24.6. The van der Waals surface area contributed by atoms with Gasteiger partial charge in [0.15, 0.2) is 0 Å². The van der Waals surface area contributed by atoms with Crippen LogP contribution in [0.5, 0.6) is 0 Å². The fraction of sp³-hybridized carbons (Fsp3) is 0.467. The Balaban J connectivity index is 2.03. The number of carboxylic acid groups (broad SMARTS) is 1. The number of carbonyl (C=O) groups excluding carboxylic acids is 1. The van der Waals surface area contributed by atoms with Crippen molar-refractivity contribution < 1.29 is 14.7 Å². The lowest BCUT2D eigenvalue weighted by Crippen LogP contribution is -2.54. The van der Waals surface area contributed by atoms with Crippen molar-refractivity contribution in [2.24, 2.45) is 0 Å². The second-order valence-corrected chi connectivity index (χ2v) is 7.06. The van der Waals surface area contributed by atoms with Crippen molar-refractivity contribution in [3.63, 3.8) is 0 Å². The SMILES string of the molecule is CC(Sc1ccccc1Cl)C(=O)NC1(C(=O)O)CCCC1. The van der Waals surface area contributed by atoms with Crippen LogP contribution in [0.25, 0.3) is 0 Å². The summed E-state index contributed by atoms with van der Waals surface area (Å²) in [7, 11) is 0. The number of rotatable bonds is 5. The van der Waals surface area contributed by atoms with Crippen LogP contribution in [0.15, 0.2) is 29.2 Å². The first-order valence-electron chi connectivity index (χ1n) is 6.91. The summed E-state index contributed by atoms with van der Waals surface area (Å²) in [5, 5.41) is 12.3. The number of carbonyl (C=O) groups is 2. The van der Waals surface area contributed by atoms with E-state index < -0.39 is 16.8 Å². The van der Waals surface area contributed by atoms with Gasteiger partial charge in [-0.25, -0.2) is 4.79 Å². The lowest BCUT2D eigenvalue weighted by atomic mass is 9.97. The van der Waals surface area contributed by atoms with Crippen LogP contribution < -0.4 is 5.32 Å². The summed E-state index contributed by atoms with van der Waals surface area (Å²) in [6.45, 7) is 1.76. The van der Waals surface area contributed by atoms with Crippen LogP contribution in [0, 0.1) is 0 Å². The Morgan fingerprint density at radius 1 is 1.33 bits per heavy atom. The number of aliphatic carboxylic acids is 1. The third-order valence-corrected chi connectivity index (χ3v) is 5.36. The fourth-order valence-electron chi connectivity index (χ4n) is 2.49. The Kier molecular flexibility index (Phi) is 5.17. The van der Waals surface area contributed by atoms with E-state index in [9.17, 15) is 14.7 Å². The van der Waals surface area contributed by atoms with Gasteiger partial charge in [0.05, 0.1) is 10.3 Å². The van der Waals surface area contributed by atoms with Crippen molar-refractivity contribution in [3.05, 3.63) is 29.3 Å². The van der Waals surface area contributed by atoms with Crippen molar-refractivity contribution in [1.29, 1.82) is 0 Å². The Bertz CT molecular complexity index is 543. The summed E-state index contributed by atoms with van der Waals surface area (Å²) in [6, 6.07) is 7.30. The van der Waals surface area contributed by atoms with E-state index in [1.807, 2.05) is 18.2 Å². The normalized spacial score (nSPS) is 18.2.